The van der Waals surface area contributed by atoms with Crippen LogP contribution in [0.3, 0.4) is 0 Å². The van der Waals surface area contributed by atoms with Crippen molar-refractivity contribution in [2.45, 2.75) is 39.2 Å². The first-order valence-corrected chi connectivity index (χ1v) is 5.76. The van der Waals surface area contributed by atoms with E-state index in [0.717, 1.165) is 18.4 Å². The largest absolute Gasteiger partial charge is 0.385 e. The van der Waals surface area contributed by atoms with Gasteiger partial charge in [0.05, 0.1) is 6.20 Å². The van der Waals surface area contributed by atoms with Crippen LogP contribution in [0.1, 0.15) is 32.3 Å². The van der Waals surface area contributed by atoms with Gasteiger partial charge >= 0.3 is 0 Å². The van der Waals surface area contributed by atoms with Crippen molar-refractivity contribution in [3.8, 4) is 0 Å². The number of aliphatic hydroxyl groups excluding tert-OH is 1. The highest BCUT2D eigenvalue weighted by atomic mass is 16.3. The van der Waals surface area contributed by atoms with E-state index in [2.05, 4.69) is 5.10 Å². The van der Waals surface area contributed by atoms with Gasteiger partial charge in [0.15, 0.2) is 5.78 Å². The molecule has 0 aromatic carbocycles. The second-order valence-corrected chi connectivity index (χ2v) is 4.19. The Kier molecular flexibility index (Phi) is 4.68. The molecule has 0 aliphatic carbocycles. The van der Waals surface area contributed by atoms with Crippen LogP contribution >= 0.6 is 0 Å². The van der Waals surface area contributed by atoms with Crippen molar-refractivity contribution in [3.63, 3.8) is 0 Å². The van der Waals surface area contributed by atoms with E-state index in [1.807, 2.05) is 20.9 Å². The van der Waals surface area contributed by atoms with E-state index >= 15 is 0 Å². The summed E-state index contributed by atoms with van der Waals surface area (Å²) in [5.74, 6) is -0.0362. The fourth-order valence-corrected chi connectivity index (χ4v) is 1.87. The highest BCUT2D eigenvalue weighted by molar-refractivity contribution is 5.85. The van der Waals surface area contributed by atoms with E-state index in [9.17, 15) is 9.90 Å². The molecule has 1 atom stereocenters. The summed E-state index contributed by atoms with van der Waals surface area (Å²) in [7, 11) is 1.81. The van der Waals surface area contributed by atoms with Crippen LogP contribution in [0, 0.1) is 5.92 Å². The highest BCUT2D eigenvalue weighted by Crippen LogP contribution is 2.15. The SMILES string of the molecule is CCC(CC)C(O)C(=O)Cc1cnn(C)c1. The predicted molar refractivity (Wildman–Crippen MR) is 62.0 cm³/mol. The van der Waals surface area contributed by atoms with Gasteiger partial charge in [0.25, 0.3) is 0 Å². The van der Waals surface area contributed by atoms with E-state index < -0.39 is 6.10 Å². The number of nitrogens with zero attached hydrogens (tertiary/aromatic N) is 2. The molecule has 0 aliphatic heterocycles. The maximum atomic E-state index is 11.8. The molecule has 0 aliphatic rings. The first kappa shape index (κ1) is 12.9. The van der Waals surface area contributed by atoms with Gasteiger partial charge in [-0.1, -0.05) is 26.7 Å². The topological polar surface area (TPSA) is 55.1 Å². The molecule has 1 unspecified atom stereocenters. The van der Waals surface area contributed by atoms with Crippen molar-refractivity contribution in [2.24, 2.45) is 13.0 Å². The Labute approximate surface area is 96.3 Å². The average Bonchev–Trinajstić information content (AvgIpc) is 2.65. The molecule has 1 rings (SSSR count). The number of hydrogen-bond donors (Lipinski definition) is 1. The molecule has 90 valence electrons. The predicted octanol–water partition coefficient (Wildman–Crippen LogP) is 1.33. The van der Waals surface area contributed by atoms with Crippen LogP contribution in [0.5, 0.6) is 0 Å². The van der Waals surface area contributed by atoms with E-state index in [0.29, 0.717) is 0 Å². The van der Waals surface area contributed by atoms with Gasteiger partial charge < -0.3 is 5.11 Å². The minimum Gasteiger partial charge on any atom is -0.385 e. The maximum Gasteiger partial charge on any atom is 0.166 e. The smallest absolute Gasteiger partial charge is 0.166 e. The Hall–Kier alpha value is -1.16. The third kappa shape index (κ3) is 3.17. The summed E-state index contributed by atoms with van der Waals surface area (Å²) in [6, 6.07) is 0. The van der Waals surface area contributed by atoms with Crippen LogP contribution < -0.4 is 0 Å². The normalized spacial score (nSPS) is 13.1. The lowest BCUT2D eigenvalue weighted by molar-refractivity contribution is -0.129. The van der Waals surface area contributed by atoms with E-state index in [-0.39, 0.29) is 18.1 Å². The first-order chi connectivity index (χ1) is 7.58. The van der Waals surface area contributed by atoms with Crippen molar-refractivity contribution in [1.29, 1.82) is 0 Å². The monoisotopic (exact) mass is 224 g/mol. The fraction of sp³-hybridized carbons (Fsp3) is 0.667. The maximum absolute atomic E-state index is 11.8. The van der Waals surface area contributed by atoms with Gasteiger partial charge in [-0.05, 0) is 11.5 Å². The third-order valence-electron chi connectivity index (χ3n) is 2.96. The van der Waals surface area contributed by atoms with Crippen molar-refractivity contribution >= 4 is 5.78 Å². The summed E-state index contributed by atoms with van der Waals surface area (Å²) in [6.45, 7) is 3.99. The lowest BCUT2D eigenvalue weighted by Crippen LogP contribution is -2.30. The molecule has 0 spiro atoms. The number of rotatable bonds is 6. The molecule has 0 amide bonds. The van der Waals surface area contributed by atoms with Crippen LogP contribution in [-0.2, 0) is 18.3 Å². The zero-order valence-corrected chi connectivity index (χ0v) is 10.2. The lowest BCUT2D eigenvalue weighted by Gasteiger charge is -2.18. The molecule has 0 saturated carbocycles. The minimum absolute atomic E-state index is 0.0733. The Balaban J connectivity index is 2.58. The number of aryl methyl sites for hydroxylation is 1. The van der Waals surface area contributed by atoms with Crippen LogP contribution in [-0.4, -0.2) is 26.8 Å². The summed E-state index contributed by atoms with van der Waals surface area (Å²) in [5, 5.41) is 13.9. The van der Waals surface area contributed by atoms with Crippen molar-refractivity contribution in [1.82, 2.24) is 9.78 Å². The van der Waals surface area contributed by atoms with Crippen LogP contribution in [0.2, 0.25) is 0 Å². The summed E-state index contributed by atoms with van der Waals surface area (Å²) in [6.07, 6.45) is 4.56. The number of aromatic nitrogens is 2. The minimum atomic E-state index is -0.838. The van der Waals surface area contributed by atoms with Crippen molar-refractivity contribution in [2.75, 3.05) is 0 Å². The molecule has 16 heavy (non-hydrogen) atoms. The quantitative estimate of drug-likeness (QED) is 0.793. The van der Waals surface area contributed by atoms with Gasteiger partial charge in [-0.2, -0.15) is 5.10 Å². The van der Waals surface area contributed by atoms with Crippen LogP contribution in [0.4, 0.5) is 0 Å². The molecule has 1 N–H and O–H groups in total. The van der Waals surface area contributed by atoms with Gasteiger partial charge in [-0.25, -0.2) is 0 Å². The molecule has 1 heterocycles. The molecule has 0 radical (unpaired) electrons. The Morgan fingerprint density at radius 2 is 2.12 bits per heavy atom. The van der Waals surface area contributed by atoms with Crippen LogP contribution in [0.25, 0.3) is 0 Å². The second kappa shape index (κ2) is 5.80. The number of carbonyl (C=O) groups excluding carboxylic acids is 1. The van der Waals surface area contributed by atoms with Crippen molar-refractivity contribution in [3.05, 3.63) is 18.0 Å². The van der Waals surface area contributed by atoms with E-state index in [1.165, 1.54) is 0 Å². The summed E-state index contributed by atoms with van der Waals surface area (Å²) in [5.41, 5.74) is 0.859. The van der Waals surface area contributed by atoms with Gasteiger partial charge in [0.1, 0.15) is 6.10 Å². The van der Waals surface area contributed by atoms with Crippen molar-refractivity contribution < 1.29 is 9.90 Å². The molecular formula is C12H20N2O2. The van der Waals surface area contributed by atoms with Crippen LogP contribution in [0.15, 0.2) is 12.4 Å². The van der Waals surface area contributed by atoms with Gasteiger partial charge in [-0.3, -0.25) is 9.48 Å². The van der Waals surface area contributed by atoms with E-state index in [4.69, 9.17) is 0 Å². The van der Waals surface area contributed by atoms with Gasteiger partial charge in [0, 0.05) is 19.7 Å². The molecule has 1 aromatic heterocycles. The number of carbonyl (C=O) groups is 1. The summed E-state index contributed by atoms with van der Waals surface area (Å²) in [4.78, 5) is 11.8. The molecule has 0 bridgehead atoms. The number of aliphatic hydroxyl groups is 1. The second-order valence-electron chi connectivity index (χ2n) is 4.19. The number of hydrogen-bond acceptors (Lipinski definition) is 3. The molecule has 0 fully saturated rings. The Morgan fingerprint density at radius 1 is 1.50 bits per heavy atom. The average molecular weight is 224 g/mol. The zero-order valence-electron chi connectivity index (χ0n) is 10.2. The fourth-order valence-electron chi connectivity index (χ4n) is 1.87. The van der Waals surface area contributed by atoms with Gasteiger partial charge in [-0.15, -0.1) is 0 Å². The third-order valence-corrected chi connectivity index (χ3v) is 2.96. The lowest BCUT2D eigenvalue weighted by atomic mass is 9.92. The molecule has 4 heteroatoms. The molecule has 4 nitrogen and oxygen atoms in total. The molecule has 1 aromatic rings. The zero-order chi connectivity index (χ0) is 12.1. The molecule has 0 saturated heterocycles. The Morgan fingerprint density at radius 3 is 2.56 bits per heavy atom. The summed E-state index contributed by atoms with van der Waals surface area (Å²) >= 11 is 0. The summed E-state index contributed by atoms with van der Waals surface area (Å²) < 4.78 is 1.66. The molecular weight excluding hydrogens is 204 g/mol. The number of Topliss-reactive ketones (excluding diaryl/α,β-unsaturated/α-hetero) is 1. The standard InChI is InChI=1S/C12H20N2O2/c1-4-10(5-2)12(16)11(15)6-9-7-13-14(3)8-9/h7-8,10,12,16H,4-6H2,1-3H3. The highest BCUT2D eigenvalue weighted by Gasteiger charge is 2.23. The first-order valence-electron chi connectivity index (χ1n) is 5.76. The van der Waals surface area contributed by atoms with E-state index in [1.54, 1.807) is 17.1 Å². The Bertz CT molecular complexity index is 343. The van der Waals surface area contributed by atoms with Gasteiger partial charge in [0.2, 0.25) is 0 Å². The number of ketones is 1.